The van der Waals surface area contributed by atoms with Crippen LogP contribution in [0.2, 0.25) is 0 Å². The molecule has 20 heavy (non-hydrogen) atoms. The molecule has 5 nitrogen and oxygen atoms in total. The van der Waals surface area contributed by atoms with Crippen LogP contribution in [0.15, 0.2) is 12.1 Å². The zero-order valence-electron chi connectivity index (χ0n) is 12.1. The van der Waals surface area contributed by atoms with Crippen LogP contribution in [0.3, 0.4) is 0 Å². The second-order valence-corrected chi connectivity index (χ2v) is 5.87. The second-order valence-electron chi connectivity index (χ2n) is 4.87. The fourth-order valence-electron chi connectivity index (χ4n) is 1.96. The van der Waals surface area contributed by atoms with Crippen LogP contribution in [0.1, 0.15) is 22.3 Å². The highest BCUT2D eigenvalue weighted by molar-refractivity contribution is 7.21. The fourth-order valence-corrected chi connectivity index (χ4v) is 3.08. The summed E-state index contributed by atoms with van der Waals surface area (Å²) in [5.74, 6) is -0.0901. The summed E-state index contributed by atoms with van der Waals surface area (Å²) in [5, 5.41) is 0.844. The number of hydrogen-bond donors (Lipinski definition) is 1. The standard InChI is InChI=1S/C14H19N3O2S/c1-8-5-6-10-11(15)12(20-13(10)16-8)14(18)17(3)9(2)7-19-4/h5-6,9H,7,15H2,1-4H3. The Morgan fingerprint density at radius 3 is 2.90 bits per heavy atom. The first-order chi connectivity index (χ1) is 9.45. The molecule has 0 aliphatic rings. The number of nitrogen functional groups attached to an aromatic ring is 1. The minimum absolute atomic E-state index is 0.00759. The van der Waals surface area contributed by atoms with Gasteiger partial charge in [0.15, 0.2) is 0 Å². The van der Waals surface area contributed by atoms with Crippen molar-refractivity contribution in [1.82, 2.24) is 9.88 Å². The normalized spacial score (nSPS) is 12.6. The SMILES string of the molecule is COCC(C)N(C)C(=O)c1sc2nc(C)ccc2c1N. The van der Waals surface area contributed by atoms with Gasteiger partial charge in [-0.05, 0) is 26.0 Å². The first-order valence-electron chi connectivity index (χ1n) is 6.37. The van der Waals surface area contributed by atoms with Gasteiger partial charge >= 0.3 is 0 Å². The number of nitrogens with two attached hydrogens (primary N) is 1. The summed E-state index contributed by atoms with van der Waals surface area (Å²) < 4.78 is 5.08. The van der Waals surface area contributed by atoms with Gasteiger partial charge in [-0.25, -0.2) is 4.98 Å². The molecule has 2 aromatic rings. The number of pyridine rings is 1. The lowest BCUT2D eigenvalue weighted by Gasteiger charge is -2.23. The van der Waals surface area contributed by atoms with Crippen LogP contribution in [0, 0.1) is 6.92 Å². The van der Waals surface area contributed by atoms with E-state index in [0.717, 1.165) is 15.9 Å². The summed E-state index contributed by atoms with van der Waals surface area (Å²) in [6.07, 6.45) is 0. The van der Waals surface area contributed by atoms with Gasteiger partial charge in [0, 0.05) is 25.2 Å². The van der Waals surface area contributed by atoms with E-state index in [1.54, 1.807) is 19.1 Å². The van der Waals surface area contributed by atoms with Crippen LogP contribution >= 0.6 is 11.3 Å². The maximum atomic E-state index is 12.5. The van der Waals surface area contributed by atoms with Crippen LogP contribution in [-0.4, -0.2) is 42.6 Å². The van der Waals surface area contributed by atoms with E-state index in [2.05, 4.69) is 4.98 Å². The third-order valence-electron chi connectivity index (χ3n) is 3.32. The summed E-state index contributed by atoms with van der Waals surface area (Å²) in [5.41, 5.74) is 7.52. The number of aryl methyl sites for hydroxylation is 1. The first-order valence-corrected chi connectivity index (χ1v) is 7.19. The van der Waals surface area contributed by atoms with Crippen molar-refractivity contribution in [1.29, 1.82) is 0 Å². The summed E-state index contributed by atoms with van der Waals surface area (Å²) >= 11 is 1.34. The summed E-state index contributed by atoms with van der Waals surface area (Å²) in [6, 6.07) is 3.81. The molecule has 0 aliphatic carbocycles. The molecule has 0 aliphatic heterocycles. The van der Waals surface area contributed by atoms with E-state index < -0.39 is 0 Å². The molecular weight excluding hydrogens is 274 g/mol. The lowest BCUT2D eigenvalue weighted by molar-refractivity contribution is 0.0639. The molecule has 1 unspecified atom stereocenters. The molecule has 2 rings (SSSR count). The number of anilines is 1. The van der Waals surface area contributed by atoms with E-state index in [0.29, 0.717) is 17.2 Å². The minimum atomic E-state index is -0.0901. The third kappa shape index (κ3) is 2.62. The van der Waals surface area contributed by atoms with Gasteiger partial charge in [-0.3, -0.25) is 4.79 Å². The quantitative estimate of drug-likeness (QED) is 0.939. The lowest BCUT2D eigenvalue weighted by atomic mass is 10.2. The average molecular weight is 293 g/mol. The molecule has 0 bridgehead atoms. The van der Waals surface area contributed by atoms with Crippen LogP contribution in [0.5, 0.6) is 0 Å². The number of carbonyl (C=O) groups excluding carboxylic acids is 1. The number of aromatic nitrogens is 1. The van der Waals surface area contributed by atoms with Gasteiger partial charge in [0.1, 0.15) is 9.71 Å². The molecule has 108 valence electrons. The van der Waals surface area contributed by atoms with E-state index >= 15 is 0 Å². The molecule has 0 saturated heterocycles. The van der Waals surface area contributed by atoms with Gasteiger partial charge in [0.05, 0.1) is 18.3 Å². The molecule has 0 radical (unpaired) electrons. The summed E-state index contributed by atoms with van der Waals surface area (Å²) in [7, 11) is 3.38. The Kier molecular flexibility index (Phi) is 4.25. The highest BCUT2D eigenvalue weighted by Gasteiger charge is 2.23. The van der Waals surface area contributed by atoms with E-state index in [1.807, 2.05) is 26.0 Å². The van der Waals surface area contributed by atoms with Crippen LogP contribution < -0.4 is 5.73 Å². The number of carbonyl (C=O) groups is 1. The number of likely N-dealkylation sites (N-methyl/N-ethyl adjacent to an activating group) is 1. The number of rotatable bonds is 4. The van der Waals surface area contributed by atoms with Crippen molar-refractivity contribution in [3.05, 3.63) is 22.7 Å². The minimum Gasteiger partial charge on any atom is -0.397 e. The van der Waals surface area contributed by atoms with Crippen LogP contribution in [0.4, 0.5) is 5.69 Å². The Balaban J connectivity index is 2.37. The second kappa shape index (κ2) is 5.76. The maximum absolute atomic E-state index is 12.5. The number of hydrogen-bond acceptors (Lipinski definition) is 5. The summed E-state index contributed by atoms with van der Waals surface area (Å²) in [6.45, 7) is 4.35. The first kappa shape index (κ1) is 14.7. The zero-order valence-corrected chi connectivity index (χ0v) is 13.0. The van der Waals surface area contributed by atoms with E-state index in [9.17, 15) is 4.79 Å². The molecule has 0 spiro atoms. The zero-order chi connectivity index (χ0) is 14.9. The maximum Gasteiger partial charge on any atom is 0.266 e. The van der Waals surface area contributed by atoms with E-state index in [1.165, 1.54) is 11.3 Å². The van der Waals surface area contributed by atoms with Gasteiger partial charge in [-0.15, -0.1) is 11.3 Å². The number of nitrogens with zero attached hydrogens (tertiary/aromatic N) is 2. The Hall–Kier alpha value is -1.66. The van der Waals surface area contributed by atoms with Crippen molar-refractivity contribution in [2.45, 2.75) is 19.9 Å². The molecule has 1 amide bonds. The Morgan fingerprint density at radius 2 is 2.25 bits per heavy atom. The van der Waals surface area contributed by atoms with Gasteiger partial charge < -0.3 is 15.4 Å². The number of amides is 1. The molecular formula is C14H19N3O2S. The number of thiophene rings is 1. The van der Waals surface area contributed by atoms with Gasteiger partial charge in [0.2, 0.25) is 0 Å². The molecule has 2 heterocycles. The van der Waals surface area contributed by atoms with Gasteiger partial charge in [0.25, 0.3) is 5.91 Å². The largest absolute Gasteiger partial charge is 0.397 e. The monoisotopic (exact) mass is 293 g/mol. The van der Waals surface area contributed by atoms with Crippen molar-refractivity contribution in [3.8, 4) is 0 Å². The van der Waals surface area contributed by atoms with Crippen LogP contribution in [-0.2, 0) is 4.74 Å². The van der Waals surface area contributed by atoms with Crippen LogP contribution in [0.25, 0.3) is 10.2 Å². The Labute approximate surface area is 122 Å². The third-order valence-corrected chi connectivity index (χ3v) is 4.42. The average Bonchev–Trinajstić information content (AvgIpc) is 2.74. The Morgan fingerprint density at radius 1 is 1.55 bits per heavy atom. The van der Waals surface area contributed by atoms with E-state index in [4.69, 9.17) is 10.5 Å². The topological polar surface area (TPSA) is 68.5 Å². The van der Waals surface area contributed by atoms with Crippen molar-refractivity contribution in [3.63, 3.8) is 0 Å². The lowest BCUT2D eigenvalue weighted by Crippen LogP contribution is -2.37. The molecule has 1 atom stereocenters. The van der Waals surface area contributed by atoms with Crippen molar-refractivity contribution >= 4 is 33.1 Å². The molecule has 0 fully saturated rings. The fraction of sp³-hybridized carbons (Fsp3) is 0.429. The van der Waals surface area contributed by atoms with Crippen molar-refractivity contribution in [2.75, 3.05) is 26.5 Å². The highest BCUT2D eigenvalue weighted by Crippen LogP contribution is 2.33. The number of methoxy groups -OCH3 is 1. The summed E-state index contributed by atoms with van der Waals surface area (Å²) in [4.78, 5) is 19.9. The highest BCUT2D eigenvalue weighted by atomic mass is 32.1. The molecule has 0 aromatic carbocycles. The predicted molar refractivity (Wildman–Crippen MR) is 82.2 cm³/mol. The van der Waals surface area contributed by atoms with Crippen molar-refractivity contribution < 1.29 is 9.53 Å². The van der Waals surface area contributed by atoms with Crippen molar-refractivity contribution in [2.24, 2.45) is 0 Å². The Bertz CT molecular complexity index is 639. The van der Waals surface area contributed by atoms with Gasteiger partial charge in [-0.2, -0.15) is 0 Å². The van der Waals surface area contributed by atoms with E-state index in [-0.39, 0.29) is 11.9 Å². The smallest absolute Gasteiger partial charge is 0.266 e. The molecule has 2 N–H and O–H groups in total. The number of ether oxygens (including phenoxy) is 1. The molecule has 2 aromatic heterocycles. The number of fused-ring (bicyclic) bond motifs is 1. The molecule has 6 heteroatoms. The van der Waals surface area contributed by atoms with Gasteiger partial charge in [-0.1, -0.05) is 0 Å². The molecule has 0 saturated carbocycles. The predicted octanol–water partition coefficient (Wildman–Crippen LogP) is 2.29.